The molecule has 0 fully saturated rings. The maximum Gasteiger partial charge on any atom is 0.288 e. The third-order valence-electron chi connectivity index (χ3n) is 3.30. The number of thioether (sulfide) groups is 1. The molecule has 9 heteroatoms. The number of amides is 2. The Bertz CT molecular complexity index is 915. The summed E-state index contributed by atoms with van der Waals surface area (Å²) in [6, 6.07) is 11.2. The predicted molar refractivity (Wildman–Crippen MR) is 107 cm³/mol. The molecule has 0 saturated carbocycles. The van der Waals surface area contributed by atoms with Crippen molar-refractivity contribution in [2.24, 2.45) is 0 Å². The van der Waals surface area contributed by atoms with Crippen molar-refractivity contribution < 1.29 is 14.5 Å². The molecule has 0 unspecified atom stereocenters. The quantitative estimate of drug-likeness (QED) is 0.337. The molecule has 140 valence electrons. The van der Waals surface area contributed by atoms with E-state index in [9.17, 15) is 19.7 Å². The van der Waals surface area contributed by atoms with Crippen LogP contribution in [0.15, 0.2) is 53.4 Å². The van der Waals surface area contributed by atoms with Gasteiger partial charge in [-0.1, -0.05) is 29.8 Å². The fraction of sp³-hybridized carbons (Fsp3) is 0.111. The third-order valence-corrected chi connectivity index (χ3v) is 4.74. The van der Waals surface area contributed by atoms with E-state index in [-0.39, 0.29) is 15.9 Å². The van der Waals surface area contributed by atoms with Crippen molar-refractivity contribution in [2.75, 3.05) is 19.4 Å². The number of hydrogen-bond donors (Lipinski definition) is 1. The minimum Gasteiger partial charge on any atom is -0.339 e. The van der Waals surface area contributed by atoms with E-state index >= 15 is 0 Å². The highest BCUT2D eigenvalue weighted by Gasteiger charge is 2.13. The molecule has 0 heterocycles. The van der Waals surface area contributed by atoms with Crippen LogP contribution in [0.3, 0.4) is 0 Å². The molecule has 7 nitrogen and oxygen atoms in total. The Labute approximate surface area is 165 Å². The minimum atomic E-state index is -0.588. The predicted octanol–water partition coefficient (Wildman–Crippen LogP) is 4.67. The van der Waals surface area contributed by atoms with Crippen molar-refractivity contribution in [1.29, 1.82) is 0 Å². The van der Waals surface area contributed by atoms with Crippen molar-refractivity contribution in [3.05, 3.63) is 69.2 Å². The smallest absolute Gasteiger partial charge is 0.288 e. The topological polar surface area (TPSA) is 92.6 Å². The van der Waals surface area contributed by atoms with Crippen LogP contribution in [0.1, 0.15) is 5.56 Å². The number of carbonyl (C=O) groups is 2. The third kappa shape index (κ3) is 5.83. The average molecular weight is 406 g/mol. The second kappa shape index (κ2) is 9.20. The number of para-hydroxylation sites is 1. The highest BCUT2D eigenvalue weighted by Crippen LogP contribution is 2.29. The Morgan fingerprint density at radius 1 is 1.22 bits per heavy atom. The number of nitrogens with zero attached hydrogens (tertiary/aromatic N) is 2. The maximum absolute atomic E-state index is 12.2. The summed E-state index contributed by atoms with van der Waals surface area (Å²) >= 11 is 6.76. The van der Waals surface area contributed by atoms with E-state index in [4.69, 9.17) is 11.6 Å². The summed E-state index contributed by atoms with van der Waals surface area (Å²) in [6.45, 7) is 0. The first-order valence-electron chi connectivity index (χ1n) is 7.69. The molecular weight excluding hydrogens is 390 g/mol. The van der Waals surface area contributed by atoms with Crippen LogP contribution >= 0.6 is 23.4 Å². The molecule has 0 aliphatic rings. The summed E-state index contributed by atoms with van der Waals surface area (Å²) in [5.41, 5.74) is 0.726. The molecule has 0 saturated heterocycles. The zero-order chi connectivity index (χ0) is 20.0. The van der Waals surface area contributed by atoms with Gasteiger partial charge in [0.05, 0.1) is 10.6 Å². The van der Waals surface area contributed by atoms with Gasteiger partial charge in [0.1, 0.15) is 5.02 Å². The Kier molecular flexibility index (Phi) is 6.98. The summed E-state index contributed by atoms with van der Waals surface area (Å²) in [5.74, 6) is -0.432. The number of rotatable bonds is 5. The molecule has 0 bridgehead atoms. The summed E-state index contributed by atoms with van der Waals surface area (Å²) in [7, 11) is 3.29. The summed E-state index contributed by atoms with van der Waals surface area (Å²) in [4.78, 5) is 36.4. The van der Waals surface area contributed by atoms with Gasteiger partial charge in [-0.15, -0.1) is 0 Å². The van der Waals surface area contributed by atoms with Crippen LogP contribution < -0.4 is 5.32 Å². The molecule has 27 heavy (non-hydrogen) atoms. The molecule has 2 rings (SSSR count). The van der Waals surface area contributed by atoms with E-state index in [1.165, 1.54) is 29.2 Å². The zero-order valence-electron chi connectivity index (χ0n) is 14.5. The minimum absolute atomic E-state index is 0.0260. The van der Waals surface area contributed by atoms with Crippen molar-refractivity contribution in [2.45, 2.75) is 4.90 Å². The van der Waals surface area contributed by atoms with Gasteiger partial charge in [0.15, 0.2) is 0 Å². The zero-order valence-corrected chi connectivity index (χ0v) is 16.1. The standard InChI is InChI=1S/C18H16ClN3O4S/c1-21(2)18(24)27-16-6-4-3-5-14(16)20-17(23)10-8-12-7-9-13(19)15(11-12)22(25)26/h3-11H,1-2H3,(H,20,23)/b10-8+. The maximum atomic E-state index is 12.2. The van der Waals surface area contributed by atoms with E-state index < -0.39 is 10.8 Å². The molecule has 1 N–H and O–H groups in total. The molecule has 0 spiro atoms. The van der Waals surface area contributed by atoms with E-state index in [2.05, 4.69) is 5.32 Å². The lowest BCUT2D eigenvalue weighted by Crippen LogP contribution is -2.16. The summed E-state index contributed by atoms with van der Waals surface area (Å²) in [5, 5.41) is 13.5. The first kappa shape index (κ1) is 20.5. The summed E-state index contributed by atoms with van der Waals surface area (Å²) < 4.78 is 0. The number of nitro groups is 1. The largest absolute Gasteiger partial charge is 0.339 e. The first-order chi connectivity index (χ1) is 12.8. The molecule has 2 aromatic carbocycles. The van der Waals surface area contributed by atoms with Gasteiger partial charge in [-0.3, -0.25) is 19.7 Å². The monoisotopic (exact) mass is 405 g/mol. The molecule has 0 radical (unpaired) electrons. The highest BCUT2D eigenvalue weighted by atomic mass is 35.5. The first-order valence-corrected chi connectivity index (χ1v) is 8.88. The number of nitro benzene ring substituents is 1. The van der Waals surface area contributed by atoms with Gasteiger partial charge < -0.3 is 10.2 Å². The number of hydrogen-bond acceptors (Lipinski definition) is 5. The van der Waals surface area contributed by atoms with Crippen LogP contribution in [0.5, 0.6) is 0 Å². The van der Waals surface area contributed by atoms with E-state index in [1.54, 1.807) is 44.4 Å². The molecule has 0 atom stereocenters. The van der Waals surface area contributed by atoms with Crippen LogP contribution in [0, 0.1) is 10.1 Å². The highest BCUT2D eigenvalue weighted by molar-refractivity contribution is 8.13. The Hall–Kier alpha value is -2.84. The van der Waals surface area contributed by atoms with Gasteiger partial charge in [0, 0.05) is 31.1 Å². The SMILES string of the molecule is CN(C)C(=O)Sc1ccccc1NC(=O)/C=C/c1ccc(Cl)c([N+](=O)[O-])c1. The number of benzene rings is 2. The number of carbonyl (C=O) groups excluding carboxylic acids is 2. The van der Waals surface area contributed by atoms with Crippen molar-refractivity contribution in [1.82, 2.24) is 4.90 Å². The number of nitrogens with one attached hydrogen (secondary N) is 1. The van der Waals surface area contributed by atoms with Gasteiger partial charge in [-0.05, 0) is 41.6 Å². The van der Waals surface area contributed by atoms with Crippen LogP contribution in [0.25, 0.3) is 6.08 Å². The Morgan fingerprint density at radius 2 is 1.93 bits per heavy atom. The lowest BCUT2D eigenvalue weighted by molar-refractivity contribution is -0.384. The van der Waals surface area contributed by atoms with Crippen molar-refractivity contribution >= 4 is 52.0 Å². The van der Waals surface area contributed by atoms with Crippen LogP contribution in [-0.4, -0.2) is 35.1 Å². The average Bonchev–Trinajstić information content (AvgIpc) is 2.62. The van der Waals surface area contributed by atoms with Gasteiger partial charge in [0.2, 0.25) is 5.91 Å². The van der Waals surface area contributed by atoms with E-state index in [0.29, 0.717) is 16.1 Å². The lowest BCUT2D eigenvalue weighted by Gasteiger charge is -2.12. The Balaban J connectivity index is 2.12. The second-order valence-corrected chi connectivity index (χ2v) is 6.95. The fourth-order valence-electron chi connectivity index (χ4n) is 1.96. The van der Waals surface area contributed by atoms with E-state index in [0.717, 1.165) is 11.8 Å². The lowest BCUT2D eigenvalue weighted by atomic mass is 10.2. The van der Waals surface area contributed by atoms with Crippen LogP contribution in [0.2, 0.25) is 5.02 Å². The molecule has 0 aliphatic carbocycles. The Morgan fingerprint density at radius 3 is 2.59 bits per heavy atom. The summed E-state index contributed by atoms with van der Waals surface area (Å²) in [6.07, 6.45) is 2.70. The molecular formula is C18H16ClN3O4S. The number of halogens is 1. The van der Waals surface area contributed by atoms with Gasteiger partial charge in [0.25, 0.3) is 10.9 Å². The number of anilines is 1. The fourth-order valence-corrected chi connectivity index (χ4v) is 2.90. The van der Waals surface area contributed by atoms with Crippen molar-refractivity contribution in [3.63, 3.8) is 0 Å². The van der Waals surface area contributed by atoms with Crippen LogP contribution in [0.4, 0.5) is 16.2 Å². The molecule has 2 amide bonds. The van der Waals surface area contributed by atoms with Crippen LogP contribution in [-0.2, 0) is 4.79 Å². The van der Waals surface area contributed by atoms with Gasteiger partial charge in [-0.2, -0.15) is 0 Å². The second-order valence-electron chi connectivity index (χ2n) is 5.55. The molecule has 0 aliphatic heterocycles. The van der Waals surface area contributed by atoms with Gasteiger partial charge >= 0.3 is 0 Å². The van der Waals surface area contributed by atoms with Crippen molar-refractivity contribution in [3.8, 4) is 0 Å². The normalized spacial score (nSPS) is 10.6. The molecule has 2 aromatic rings. The van der Waals surface area contributed by atoms with E-state index in [1.807, 2.05) is 0 Å². The van der Waals surface area contributed by atoms with Gasteiger partial charge in [-0.25, -0.2) is 0 Å². The molecule has 0 aromatic heterocycles.